The lowest BCUT2D eigenvalue weighted by Crippen LogP contribution is -2.18. The Bertz CT molecular complexity index is 713. The fraction of sp³-hybridized carbons (Fsp3) is 0.333. The van der Waals surface area contributed by atoms with Crippen molar-refractivity contribution in [2.75, 3.05) is 13.6 Å². The standard InChI is InChI=1S/C21H28N4S/c1-3-4-13-25(2)16-20-12-8-11-19(14-20)15-23-24-21(22)26-17-18-9-6-5-7-10-18/h5-12,14-15H,3-4,13,16-17H2,1-2H3,(H2,22,24). The summed E-state index contributed by atoms with van der Waals surface area (Å²) in [4.78, 5) is 2.34. The van der Waals surface area contributed by atoms with Crippen LogP contribution >= 0.6 is 11.8 Å². The minimum atomic E-state index is 0.473. The fourth-order valence-corrected chi connectivity index (χ4v) is 3.12. The fourth-order valence-electron chi connectivity index (χ4n) is 2.50. The molecule has 0 aromatic heterocycles. The summed E-state index contributed by atoms with van der Waals surface area (Å²) in [6.07, 6.45) is 4.20. The van der Waals surface area contributed by atoms with E-state index in [4.69, 9.17) is 5.73 Å². The third-order valence-electron chi connectivity index (χ3n) is 3.89. The SMILES string of the molecule is CCCCN(C)Cc1cccc(C=NN=C(N)SCc2ccccc2)c1. The van der Waals surface area contributed by atoms with Crippen LogP contribution in [0, 0.1) is 0 Å². The van der Waals surface area contributed by atoms with Crippen molar-refractivity contribution in [1.82, 2.24) is 4.90 Å². The summed E-state index contributed by atoms with van der Waals surface area (Å²) < 4.78 is 0. The average molecular weight is 369 g/mol. The molecule has 2 aromatic rings. The molecule has 0 saturated carbocycles. The van der Waals surface area contributed by atoms with E-state index in [1.165, 1.54) is 35.7 Å². The molecule has 0 aliphatic rings. The van der Waals surface area contributed by atoms with Crippen molar-refractivity contribution in [3.8, 4) is 0 Å². The molecule has 0 amide bonds. The highest BCUT2D eigenvalue weighted by atomic mass is 32.2. The van der Waals surface area contributed by atoms with Gasteiger partial charge in [0, 0.05) is 12.3 Å². The van der Waals surface area contributed by atoms with Crippen molar-refractivity contribution in [2.45, 2.75) is 32.1 Å². The van der Waals surface area contributed by atoms with Crippen LogP contribution in [0.3, 0.4) is 0 Å². The van der Waals surface area contributed by atoms with Gasteiger partial charge in [0.05, 0.1) is 6.21 Å². The molecule has 0 radical (unpaired) electrons. The van der Waals surface area contributed by atoms with Gasteiger partial charge in [-0.2, -0.15) is 5.10 Å². The smallest absolute Gasteiger partial charge is 0.180 e. The van der Waals surface area contributed by atoms with E-state index in [2.05, 4.69) is 59.4 Å². The molecule has 0 bridgehead atoms. The van der Waals surface area contributed by atoms with Crippen LogP contribution in [0.25, 0.3) is 0 Å². The summed E-state index contributed by atoms with van der Waals surface area (Å²) in [5, 5.41) is 8.68. The van der Waals surface area contributed by atoms with Crippen molar-refractivity contribution in [3.63, 3.8) is 0 Å². The molecular formula is C21H28N4S. The van der Waals surface area contributed by atoms with E-state index < -0.39 is 0 Å². The van der Waals surface area contributed by atoms with Gasteiger partial charge in [-0.25, -0.2) is 0 Å². The Morgan fingerprint density at radius 1 is 1.12 bits per heavy atom. The van der Waals surface area contributed by atoms with Crippen molar-refractivity contribution in [2.24, 2.45) is 15.9 Å². The quantitative estimate of drug-likeness (QED) is 0.403. The maximum absolute atomic E-state index is 5.92. The van der Waals surface area contributed by atoms with Gasteiger partial charge in [0.15, 0.2) is 5.17 Å². The average Bonchev–Trinajstić information content (AvgIpc) is 2.66. The monoisotopic (exact) mass is 368 g/mol. The highest BCUT2D eigenvalue weighted by Gasteiger charge is 2.00. The number of unbranched alkanes of at least 4 members (excludes halogenated alkanes) is 1. The van der Waals surface area contributed by atoms with Gasteiger partial charge >= 0.3 is 0 Å². The Morgan fingerprint density at radius 3 is 2.65 bits per heavy atom. The molecule has 0 saturated heterocycles. The van der Waals surface area contributed by atoms with E-state index >= 15 is 0 Å². The van der Waals surface area contributed by atoms with Gasteiger partial charge in [-0.3, -0.25) is 0 Å². The van der Waals surface area contributed by atoms with E-state index in [-0.39, 0.29) is 0 Å². The molecule has 0 aliphatic heterocycles. The van der Waals surface area contributed by atoms with Crippen molar-refractivity contribution < 1.29 is 0 Å². The lowest BCUT2D eigenvalue weighted by molar-refractivity contribution is 0.321. The van der Waals surface area contributed by atoms with E-state index in [1.807, 2.05) is 24.3 Å². The summed E-state index contributed by atoms with van der Waals surface area (Å²) in [5.41, 5.74) is 9.46. The second-order valence-corrected chi connectivity index (χ2v) is 7.29. The maximum Gasteiger partial charge on any atom is 0.180 e. The lowest BCUT2D eigenvalue weighted by atomic mass is 10.1. The largest absolute Gasteiger partial charge is 0.377 e. The lowest BCUT2D eigenvalue weighted by Gasteiger charge is -2.16. The van der Waals surface area contributed by atoms with Crippen LogP contribution < -0.4 is 5.73 Å². The molecule has 2 rings (SSSR count). The first-order chi connectivity index (χ1) is 12.7. The van der Waals surface area contributed by atoms with Gasteiger partial charge in [-0.15, -0.1) is 5.10 Å². The molecule has 0 fully saturated rings. The second-order valence-electron chi connectivity index (χ2n) is 6.29. The van der Waals surface area contributed by atoms with Gasteiger partial charge in [0.25, 0.3) is 0 Å². The molecule has 0 atom stereocenters. The Morgan fingerprint density at radius 2 is 1.88 bits per heavy atom. The van der Waals surface area contributed by atoms with Gasteiger partial charge in [-0.1, -0.05) is 73.6 Å². The summed E-state index contributed by atoms with van der Waals surface area (Å²) >= 11 is 1.49. The number of nitrogens with two attached hydrogens (primary N) is 1. The van der Waals surface area contributed by atoms with Gasteiger partial charge in [0.2, 0.25) is 0 Å². The summed E-state index contributed by atoms with van der Waals surface area (Å²) in [7, 11) is 2.16. The number of nitrogens with zero attached hydrogens (tertiary/aromatic N) is 3. The number of hydrogen-bond donors (Lipinski definition) is 1. The second kappa shape index (κ2) is 11.5. The molecule has 5 heteroatoms. The maximum atomic E-state index is 5.92. The van der Waals surface area contributed by atoms with Crippen molar-refractivity contribution in [1.29, 1.82) is 0 Å². The first-order valence-corrected chi connectivity index (χ1v) is 9.96. The van der Waals surface area contributed by atoms with Crippen LogP contribution in [0.2, 0.25) is 0 Å². The zero-order valence-electron chi connectivity index (χ0n) is 15.6. The first-order valence-electron chi connectivity index (χ1n) is 8.98. The molecule has 0 aliphatic carbocycles. The minimum absolute atomic E-state index is 0.473. The zero-order chi connectivity index (χ0) is 18.6. The number of thioether (sulfide) groups is 1. The predicted octanol–water partition coefficient (Wildman–Crippen LogP) is 4.50. The molecule has 0 spiro atoms. The molecule has 0 unspecified atom stereocenters. The van der Waals surface area contributed by atoms with Crippen LogP contribution in [0.15, 0.2) is 64.8 Å². The summed E-state index contributed by atoms with van der Waals surface area (Å²) in [6, 6.07) is 18.6. The van der Waals surface area contributed by atoms with Gasteiger partial charge in [-0.05, 0) is 42.8 Å². The number of rotatable bonds is 9. The van der Waals surface area contributed by atoms with Crippen LogP contribution in [0.1, 0.15) is 36.5 Å². The van der Waals surface area contributed by atoms with Gasteiger partial charge < -0.3 is 10.6 Å². The molecule has 2 N–H and O–H groups in total. The molecular weight excluding hydrogens is 340 g/mol. The van der Waals surface area contributed by atoms with Crippen LogP contribution in [0.4, 0.5) is 0 Å². The van der Waals surface area contributed by atoms with Crippen LogP contribution in [-0.4, -0.2) is 29.9 Å². The Hall–Kier alpha value is -2.11. The minimum Gasteiger partial charge on any atom is -0.377 e. The number of benzene rings is 2. The Labute approximate surface area is 161 Å². The number of hydrogen-bond acceptors (Lipinski definition) is 4. The predicted molar refractivity (Wildman–Crippen MR) is 115 cm³/mol. The first kappa shape index (κ1) is 20.2. The van der Waals surface area contributed by atoms with Crippen molar-refractivity contribution >= 4 is 23.1 Å². The molecule has 138 valence electrons. The number of amidine groups is 1. The molecule has 0 heterocycles. The highest BCUT2D eigenvalue weighted by Crippen LogP contribution is 2.11. The van der Waals surface area contributed by atoms with Crippen LogP contribution in [0.5, 0.6) is 0 Å². The third-order valence-corrected chi connectivity index (χ3v) is 4.74. The normalized spacial score (nSPS) is 12.2. The highest BCUT2D eigenvalue weighted by molar-refractivity contribution is 8.13. The third kappa shape index (κ3) is 7.85. The molecule has 26 heavy (non-hydrogen) atoms. The van der Waals surface area contributed by atoms with E-state index in [9.17, 15) is 0 Å². The van der Waals surface area contributed by atoms with Gasteiger partial charge in [0.1, 0.15) is 0 Å². The topological polar surface area (TPSA) is 54.0 Å². The van der Waals surface area contributed by atoms with E-state index in [0.717, 1.165) is 24.4 Å². The van der Waals surface area contributed by atoms with Crippen LogP contribution in [-0.2, 0) is 12.3 Å². The summed E-state index contributed by atoms with van der Waals surface area (Å²) in [5.74, 6) is 0.797. The zero-order valence-corrected chi connectivity index (χ0v) is 16.5. The van der Waals surface area contributed by atoms with E-state index in [0.29, 0.717) is 5.17 Å². The Kier molecular flexibility index (Phi) is 8.93. The Balaban J connectivity index is 1.85. The van der Waals surface area contributed by atoms with Crippen molar-refractivity contribution in [3.05, 3.63) is 71.3 Å². The summed E-state index contributed by atoms with van der Waals surface area (Å²) in [6.45, 7) is 4.28. The molecule has 2 aromatic carbocycles. The molecule has 4 nitrogen and oxygen atoms in total. The van der Waals surface area contributed by atoms with E-state index in [1.54, 1.807) is 6.21 Å².